The van der Waals surface area contributed by atoms with Gasteiger partial charge in [-0.1, -0.05) is 11.6 Å². The fraction of sp³-hybridized carbons (Fsp3) is 0.316. The van der Waals surface area contributed by atoms with Crippen molar-refractivity contribution in [2.24, 2.45) is 0 Å². The van der Waals surface area contributed by atoms with Crippen LogP contribution >= 0.6 is 11.6 Å². The summed E-state index contributed by atoms with van der Waals surface area (Å²) < 4.78 is 18.3. The number of hydrogen-bond acceptors (Lipinski definition) is 3. The molecule has 0 atom stereocenters. The molecule has 1 fully saturated rings. The Hall–Kier alpha value is -2.31. The van der Waals surface area contributed by atoms with Gasteiger partial charge in [-0.2, -0.15) is 0 Å². The number of piperazine rings is 1. The molecule has 2 aromatic carbocycles. The summed E-state index contributed by atoms with van der Waals surface area (Å²) in [5.41, 5.74) is 1.59. The number of methoxy groups -OCH3 is 1. The minimum Gasteiger partial charge on any atom is -0.495 e. The van der Waals surface area contributed by atoms with Gasteiger partial charge in [-0.25, -0.2) is 4.39 Å². The van der Waals surface area contributed by atoms with E-state index in [9.17, 15) is 9.18 Å². The molecule has 138 valence electrons. The summed E-state index contributed by atoms with van der Waals surface area (Å²) in [5.74, 6) is 0.279. The van der Waals surface area contributed by atoms with Crippen LogP contribution in [0.5, 0.6) is 5.75 Å². The monoisotopic (exact) mass is 378 g/mol. The second-order valence-corrected chi connectivity index (χ2v) is 6.72. The third-order valence-corrected chi connectivity index (χ3v) is 4.74. The number of ether oxygens (including phenoxy) is 1. The lowest BCUT2D eigenvalue weighted by atomic mass is 10.2. The van der Waals surface area contributed by atoms with Crippen molar-refractivity contribution >= 4 is 28.9 Å². The number of nitrogens with one attached hydrogen (secondary N) is 2. The second kappa shape index (κ2) is 8.38. The number of carbonyl (C=O) groups is 1. The highest BCUT2D eigenvalue weighted by atomic mass is 35.5. The van der Waals surface area contributed by atoms with E-state index in [0.717, 1.165) is 31.9 Å². The van der Waals surface area contributed by atoms with E-state index in [2.05, 4.69) is 10.2 Å². The lowest BCUT2D eigenvalue weighted by Gasteiger charge is -2.33. The van der Waals surface area contributed by atoms with Crippen molar-refractivity contribution in [3.8, 4) is 5.75 Å². The van der Waals surface area contributed by atoms with Gasteiger partial charge in [0.2, 0.25) is 0 Å². The van der Waals surface area contributed by atoms with Crippen molar-refractivity contribution in [1.82, 2.24) is 0 Å². The molecule has 26 heavy (non-hydrogen) atoms. The highest BCUT2D eigenvalue weighted by molar-refractivity contribution is 6.31. The van der Waals surface area contributed by atoms with Crippen LogP contribution in [0.25, 0.3) is 0 Å². The van der Waals surface area contributed by atoms with E-state index < -0.39 is 0 Å². The number of hydrogen-bond donors (Lipinski definition) is 2. The molecule has 5 nitrogen and oxygen atoms in total. The maximum atomic E-state index is 13.0. The number of carbonyl (C=O) groups excluding carboxylic acids is 1. The Bertz CT molecular complexity index is 762. The summed E-state index contributed by atoms with van der Waals surface area (Å²) >= 11 is 5.99. The van der Waals surface area contributed by atoms with Crippen LogP contribution in [0.1, 0.15) is 0 Å². The van der Waals surface area contributed by atoms with Crippen molar-refractivity contribution in [2.45, 2.75) is 0 Å². The third kappa shape index (κ3) is 4.65. The van der Waals surface area contributed by atoms with Crippen LogP contribution in [0.4, 0.5) is 15.8 Å². The number of nitrogens with zero attached hydrogens (tertiary/aromatic N) is 1. The normalized spacial score (nSPS) is 15.0. The maximum absolute atomic E-state index is 13.0. The van der Waals surface area contributed by atoms with Crippen molar-refractivity contribution in [3.63, 3.8) is 0 Å². The van der Waals surface area contributed by atoms with E-state index in [1.165, 1.54) is 17.0 Å². The van der Waals surface area contributed by atoms with Gasteiger partial charge in [0.05, 0.1) is 39.0 Å². The van der Waals surface area contributed by atoms with E-state index in [0.29, 0.717) is 23.0 Å². The highest BCUT2D eigenvalue weighted by Crippen LogP contribution is 2.27. The van der Waals surface area contributed by atoms with E-state index in [1.807, 2.05) is 0 Å². The highest BCUT2D eigenvalue weighted by Gasteiger charge is 2.23. The Morgan fingerprint density at radius 2 is 1.92 bits per heavy atom. The maximum Gasteiger partial charge on any atom is 0.279 e. The van der Waals surface area contributed by atoms with Crippen molar-refractivity contribution in [2.75, 3.05) is 50.1 Å². The van der Waals surface area contributed by atoms with Crippen LogP contribution in [0, 0.1) is 5.82 Å². The molecule has 0 spiro atoms. The minimum absolute atomic E-state index is 0.0733. The summed E-state index contributed by atoms with van der Waals surface area (Å²) in [6.45, 7) is 3.73. The molecule has 0 saturated carbocycles. The molecule has 0 aromatic heterocycles. The lowest BCUT2D eigenvalue weighted by molar-refractivity contribution is -0.892. The first kappa shape index (κ1) is 18.5. The molecule has 1 amide bonds. The van der Waals surface area contributed by atoms with E-state index >= 15 is 0 Å². The molecule has 1 aliphatic rings. The van der Waals surface area contributed by atoms with Crippen LogP contribution in [0.2, 0.25) is 5.02 Å². The van der Waals surface area contributed by atoms with Crippen molar-refractivity contribution in [3.05, 3.63) is 53.3 Å². The Morgan fingerprint density at radius 3 is 2.58 bits per heavy atom. The smallest absolute Gasteiger partial charge is 0.279 e. The Labute approximate surface area is 157 Å². The Morgan fingerprint density at radius 1 is 1.23 bits per heavy atom. The van der Waals surface area contributed by atoms with Gasteiger partial charge in [0, 0.05) is 10.7 Å². The predicted molar refractivity (Wildman–Crippen MR) is 101 cm³/mol. The number of benzene rings is 2. The van der Waals surface area contributed by atoms with Crippen LogP contribution in [-0.4, -0.2) is 45.7 Å². The molecular weight excluding hydrogens is 357 g/mol. The molecule has 2 aromatic rings. The summed E-state index contributed by atoms with van der Waals surface area (Å²) in [6, 6.07) is 11.7. The number of anilines is 2. The summed E-state index contributed by atoms with van der Waals surface area (Å²) in [4.78, 5) is 15.8. The van der Waals surface area contributed by atoms with Gasteiger partial charge < -0.3 is 19.9 Å². The number of amides is 1. The van der Waals surface area contributed by atoms with Gasteiger partial charge in [-0.05, 0) is 42.5 Å². The number of quaternary nitrogens is 1. The SMILES string of the molecule is COc1ccc(Cl)cc1NC(=O)C[NH+]1CCN(c2ccc(F)cc2)CC1. The van der Waals surface area contributed by atoms with E-state index in [-0.39, 0.29) is 11.7 Å². The summed E-state index contributed by atoms with van der Waals surface area (Å²) in [5, 5.41) is 3.42. The summed E-state index contributed by atoms with van der Waals surface area (Å²) in [6.07, 6.45) is 0. The molecule has 3 rings (SSSR count). The van der Waals surface area contributed by atoms with Gasteiger partial charge >= 0.3 is 0 Å². The minimum atomic E-state index is -0.230. The second-order valence-electron chi connectivity index (χ2n) is 6.28. The topological polar surface area (TPSA) is 46.0 Å². The first-order valence-electron chi connectivity index (χ1n) is 8.52. The van der Waals surface area contributed by atoms with Gasteiger partial charge in [-0.15, -0.1) is 0 Å². The molecule has 1 aliphatic heterocycles. The van der Waals surface area contributed by atoms with Crippen LogP contribution in [-0.2, 0) is 4.79 Å². The average molecular weight is 379 g/mol. The molecule has 7 heteroatoms. The number of rotatable bonds is 5. The van der Waals surface area contributed by atoms with Crippen molar-refractivity contribution < 1.29 is 18.8 Å². The zero-order valence-corrected chi connectivity index (χ0v) is 15.4. The molecule has 0 aliphatic carbocycles. The molecule has 0 bridgehead atoms. The Kier molecular flexibility index (Phi) is 5.96. The molecular formula is C19H22ClFN3O2+. The van der Waals surface area contributed by atoms with Gasteiger partial charge in [0.1, 0.15) is 11.6 Å². The van der Waals surface area contributed by atoms with Gasteiger partial charge in [0.15, 0.2) is 6.54 Å². The van der Waals surface area contributed by atoms with Crippen LogP contribution in [0.15, 0.2) is 42.5 Å². The van der Waals surface area contributed by atoms with E-state index in [1.54, 1.807) is 37.4 Å². The predicted octanol–water partition coefficient (Wildman–Crippen LogP) is 1.83. The first-order chi connectivity index (χ1) is 12.5. The van der Waals surface area contributed by atoms with Crippen LogP contribution < -0.4 is 19.9 Å². The van der Waals surface area contributed by atoms with E-state index in [4.69, 9.17) is 16.3 Å². The quantitative estimate of drug-likeness (QED) is 0.834. The molecule has 1 saturated heterocycles. The standard InChI is InChI=1S/C19H21ClFN3O2/c1-26-18-7-2-14(20)12-17(18)22-19(25)13-23-8-10-24(11-9-23)16-5-3-15(21)4-6-16/h2-7,12H,8-11,13H2,1H3,(H,22,25)/p+1. The lowest BCUT2D eigenvalue weighted by Crippen LogP contribution is -3.15. The van der Waals surface area contributed by atoms with Crippen molar-refractivity contribution in [1.29, 1.82) is 0 Å². The van der Waals surface area contributed by atoms with Crippen LogP contribution in [0.3, 0.4) is 0 Å². The number of halogens is 2. The largest absolute Gasteiger partial charge is 0.495 e. The Balaban J connectivity index is 1.52. The fourth-order valence-corrected chi connectivity index (χ4v) is 3.28. The van der Waals surface area contributed by atoms with Gasteiger partial charge in [-0.3, -0.25) is 4.79 Å². The fourth-order valence-electron chi connectivity index (χ4n) is 3.11. The molecule has 2 N–H and O–H groups in total. The molecule has 1 heterocycles. The molecule has 0 radical (unpaired) electrons. The summed E-state index contributed by atoms with van der Waals surface area (Å²) in [7, 11) is 1.55. The zero-order valence-electron chi connectivity index (χ0n) is 14.6. The molecule has 0 unspecified atom stereocenters. The zero-order chi connectivity index (χ0) is 18.5. The average Bonchev–Trinajstić information content (AvgIpc) is 2.63. The first-order valence-corrected chi connectivity index (χ1v) is 8.90. The van der Waals surface area contributed by atoms with Gasteiger partial charge in [0.25, 0.3) is 5.91 Å². The third-order valence-electron chi connectivity index (χ3n) is 4.51.